The monoisotopic (exact) mass is 418 g/mol. The van der Waals surface area contributed by atoms with Gasteiger partial charge in [0.1, 0.15) is 18.1 Å². The molecule has 0 bridgehead atoms. The van der Waals surface area contributed by atoms with Gasteiger partial charge < -0.3 is 14.8 Å². The molecule has 0 spiro atoms. The van der Waals surface area contributed by atoms with E-state index in [1.165, 1.54) is 4.31 Å². The largest absolute Gasteiger partial charge is 0.491 e. The average molecular weight is 419 g/mol. The Bertz CT molecular complexity index is 1020. The molecule has 0 saturated carbocycles. The topological polar surface area (TPSA) is 84.9 Å². The molecule has 0 aromatic heterocycles. The molecule has 1 aliphatic heterocycles. The molecule has 2 aromatic carbocycles. The molecule has 1 atom stereocenters. The number of carbonyl (C=O) groups is 1. The van der Waals surface area contributed by atoms with Gasteiger partial charge in [0, 0.05) is 0 Å². The zero-order valence-corrected chi connectivity index (χ0v) is 17.9. The highest BCUT2D eigenvalue weighted by molar-refractivity contribution is 7.92. The van der Waals surface area contributed by atoms with Gasteiger partial charge in [0.05, 0.1) is 25.0 Å². The Kier molecular flexibility index (Phi) is 6.02. The number of hydrogen-bond donors (Lipinski definition) is 1. The summed E-state index contributed by atoms with van der Waals surface area (Å²) in [5.41, 5.74) is 3.56. The van der Waals surface area contributed by atoms with Crippen molar-refractivity contribution in [1.29, 1.82) is 0 Å². The lowest BCUT2D eigenvalue weighted by atomic mass is 10.1. The predicted octanol–water partition coefficient (Wildman–Crippen LogP) is 2.33. The summed E-state index contributed by atoms with van der Waals surface area (Å²) in [7, 11) is -3.54. The minimum atomic E-state index is -3.54. The molecule has 29 heavy (non-hydrogen) atoms. The second kappa shape index (κ2) is 8.32. The molecule has 1 N–H and O–H groups in total. The number of rotatable bonds is 6. The average Bonchev–Trinajstić information content (AvgIpc) is 2.66. The lowest BCUT2D eigenvalue weighted by Crippen LogP contribution is -2.51. The van der Waals surface area contributed by atoms with Crippen molar-refractivity contribution >= 4 is 21.6 Å². The number of fused-ring (bicyclic) bond motifs is 1. The molecule has 156 valence electrons. The van der Waals surface area contributed by atoms with Crippen LogP contribution in [0.15, 0.2) is 36.4 Å². The number of sulfonamides is 1. The number of aryl methyl sites for hydroxylation is 2. The van der Waals surface area contributed by atoms with Crippen LogP contribution in [0.5, 0.6) is 11.5 Å². The standard InChI is InChI=1S/C21H26N2O5S/c1-14-8-9-17-19(12-14)28-20(13-23(17)29(4,25)26)21(24)22-10-11-27-18-7-5-6-15(2)16(18)3/h5-9,12,20H,10-11,13H2,1-4H3,(H,22,24). The van der Waals surface area contributed by atoms with E-state index in [0.717, 1.165) is 28.7 Å². The van der Waals surface area contributed by atoms with Gasteiger partial charge in [-0.1, -0.05) is 18.2 Å². The Hall–Kier alpha value is -2.74. The van der Waals surface area contributed by atoms with E-state index >= 15 is 0 Å². The molecule has 3 rings (SSSR count). The third-order valence-corrected chi connectivity index (χ3v) is 6.04. The molecule has 0 saturated heterocycles. The normalized spacial score (nSPS) is 16.0. The molecule has 1 aliphatic rings. The van der Waals surface area contributed by atoms with Gasteiger partial charge in [0.25, 0.3) is 5.91 Å². The number of nitrogens with one attached hydrogen (secondary N) is 1. The van der Waals surface area contributed by atoms with Crippen molar-refractivity contribution in [3.8, 4) is 11.5 Å². The van der Waals surface area contributed by atoms with Crippen LogP contribution in [0.3, 0.4) is 0 Å². The maximum absolute atomic E-state index is 12.6. The number of nitrogens with zero attached hydrogens (tertiary/aromatic N) is 1. The van der Waals surface area contributed by atoms with Crippen LogP contribution in [-0.2, 0) is 14.8 Å². The Morgan fingerprint density at radius 1 is 1.24 bits per heavy atom. The smallest absolute Gasteiger partial charge is 0.263 e. The molecular formula is C21H26N2O5S. The lowest BCUT2D eigenvalue weighted by molar-refractivity contribution is -0.127. The number of carbonyl (C=O) groups excluding carboxylic acids is 1. The number of benzene rings is 2. The first kappa shape index (κ1) is 21.0. The zero-order chi connectivity index (χ0) is 21.2. The van der Waals surface area contributed by atoms with Gasteiger partial charge in [-0.3, -0.25) is 9.10 Å². The fourth-order valence-electron chi connectivity index (χ4n) is 3.14. The predicted molar refractivity (Wildman–Crippen MR) is 112 cm³/mol. The fourth-order valence-corrected chi connectivity index (χ4v) is 4.06. The molecule has 8 heteroatoms. The van der Waals surface area contributed by atoms with Gasteiger partial charge in [-0.05, 0) is 55.7 Å². The molecule has 1 heterocycles. The van der Waals surface area contributed by atoms with E-state index in [2.05, 4.69) is 5.32 Å². The second-order valence-corrected chi connectivity index (χ2v) is 9.12. The van der Waals surface area contributed by atoms with E-state index in [4.69, 9.17) is 9.47 Å². The van der Waals surface area contributed by atoms with Crippen molar-refractivity contribution in [2.45, 2.75) is 26.9 Å². The Morgan fingerprint density at radius 2 is 2.00 bits per heavy atom. The lowest BCUT2D eigenvalue weighted by Gasteiger charge is -2.34. The van der Waals surface area contributed by atoms with Crippen LogP contribution < -0.4 is 19.1 Å². The third-order valence-electron chi connectivity index (χ3n) is 4.89. The fraction of sp³-hybridized carbons (Fsp3) is 0.381. The van der Waals surface area contributed by atoms with Crippen LogP contribution in [0.1, 0.15) is 16.7 Å². The van der Waals surface area contributed by atoms with Crippen LogP contribution in [0.2, 0.25) is 0 Å². The van der Waals surface area contributed by atoms with E-state index in [0.29, 0.717) is 18.0 Å². The van der Waals surface area contributed by atoms with Gasteiger partial charge in [0.2, 0.25) is 10.0 Å². The minimum Gasteiger partial charge on any atom is -0.491 e. The van der Waals surface area contributed by atoms with E-state index < -0.39 is 16.1 Å². The van der Waals surface area contributed by atoms with Crippen LogP contribution >= 0.6 is 0 Å². The van der Waals surface area contributed by atoms with Crippen molar-refractivity contribution in [2.24, 2.45) is 0 Å². The molecular weight excluding hydrogens is 392 g/mol. The van der Waals surface area contributed by atoms with Crippen molar-refractivity contribution in [1.82, 2.24) is 5.32 Å². The van der Waals surface area contributed by atoms with Crippen LogP contribution in [-0.4, -0.2) is 46.4 Å². The van der Waals surface area contributed by atoms with Crippen LogP contribution in [0.4, 0.5) is 5.69 Å². The SMILES string of the molecule is Cc1ccc2c(c1)OC(C(=O)NCCOc1cccc(C)c1C)CN2S(C)(=O)=O. The van der Waals surface area contributed by atoms with Crippen molar-refractivity contribution in [3.63, 3.8) is 0 Å². The maximum atomic E-state index is 12.6. The Balaban J connectivity index is 1.63. The van der Waals surface area contributed by atoms with E-state index in [1.807, 2.05) is 45.0 Å². The summed E-state index contributed by atoms with van der Waals surface area (Å²) in [6.07, 6.45) is 0.189. The first-order chi connectivity index (χ1) is 13.7. The van der Waals surface area contributed by atoms with Crippen LogP contribution in [0.25, 0.3) is 0 Å². The van der Waals surface area contributed by atoms with Gasteiger partial charge in [0.15, 0.2) is 6.10 Å². The number of ether oxygens (including phenoxy) is 2. The third kappa shape index (κ3) is 4.82. The minimum absolute atomic E-state index is 0.0709. The molecule has 0 radical (unpaired) electrons. The summed E-state index contributed by atoms with van der Waals surface area (Å²) in [5.74, 6) is 0.782. The summed E-state index contributed by atoms with van der Waals surface area (Å²) < 4.78 is 37.1. The molecule has 1 unspecified atom stereocenters. The van der Waals surface area contributed by atoms with Crippen molar-refractivity contribution < 1.29 is 22.7 Å². The van der Waals surface area contributed by atoms with Gasteiger partial charge in [-0.15, -0.1) is 0 Å². The second-order valence-electron chi connectivity index (χ2n) is 7.21. The summed E-state index contributed by atoms with van der Waals surface area (Å²) >= 11 is 0. The number of amides is 1. The highest BCUT2D eigenvalue weighted by Gasteiger charge is 2.34. The molecule has 2 aromatic rings. The summed E-state index contributed by atoms with van der Waals surface area (Å²) in [6.45, 7) is 6.39. The van der Waals surface area contributed by atoms with Gasteiger partial charge in [-0.2, -0.15) is 0 Å². The van der Waals surface area contributed by atoms with Gasteiger partial charge >= 0.3 is 0 Å². The van der Waals surface area contributed by atoms with E-state index in [9.17, 15) is 13.2 Å². The first-order valence-electron chi connectivity index (χ1n) is 9.38. The van der Waals surface area contributed by atoms with Crippen LogP contribution in [0, 0.1) is 20.8 Å². The van der Waals surface area contributed by atoms with Crippen molar-refractivity contribution in [3.05, 3.63) is 53.1 Å². The van der Waals surface area contributed by atoms with E-state index in [1.54, 1.807) is 12.1 Å². The van der Waals surface area contributed by atoms with E-state index in [-0.39, 0.29) is 19.0 Å². The summed E-state index contributed by atoms with van der Waals surface area (Å²) in [4.78, 5) is 12.6. The molecule has 0 aliphatic carbocycles. The zero-order valence-electron chi connectivity index (χ0n) is 17.1. The molecule has 0 fully saturated rings. The quantitative estimate of drug-likeness (QED) is 0.728. The summed E-state index contributed by atoms with van der Waals surface area (Å²) in [6, 6.07) is 11.1. The first-order valence-corrected chi connectivity index (χ1v) is 11.2. The Labute approximate surface area is 171 Å². The molecule has 1 amide bonds. The summed E-state index contributed by atoms with van der Waals surface area (Å²) in [5, 5.41) is 2.76. The molecule has 7 nitrogen and oxygen atoms in total. The number of anilines is 1. The highest BCUT2D eigenvalue weighted by Crippen LogP contribution is 2.35. The maximum Gasteiger partial charge on any atom is 0.263 e. The van der Waals surface area contributed by atoms with Crippen molar-refractivity contribution in [2.75, 3.05) is 30.3 Å². The number of hydrogen-bond acceptors (Lipinski definition) is 5. The Morgan fingerprint density at radius 3 is 2.72 bits per heavy atom. The van der Waals surface area contributed by atoms with Gasteiger partial charge in [-0.25, -0.2) is 8.42 Å². The highest BCUT2D eigenvalue weighted by atomic mass is 32.2.